The van der Waals surface area contributed by atoms with Crippen molar-refractivity contribution in [2.45, 2.75) is 12.1 Å². The van der Waals surface area contributed by atoms with Crippen LogP contribution >= 0.6 is 23.1 Å². The Kier molecular flexibility index (Phi) is 6.77. The summed E-state index contributed by atoms with van der Waals surface area (Å²) in [7, 11) is 0. The lowest BCUT2D eigenvalue weighted by molar-refractivity contribution is -0.139. The molecule has 2 heterocycles. The zero-order valence-corrected chi connectivity index (χ0v) is 18.7. The number of Topliss-reactive ketones (excluding diaryl/α,β-unsaturated/α-hetero) is 1. The average molecular weight is 468 g/mol. The highest BCUT2D eigenvalue weighted by atomic mass is 32.2. The second kappa shape index (κ2) is 9.88. The van der Waals surface area contributed by atoms with Crippen LogP contribution in [0.25, 0.3) is 17.1 Å². The number of para-hydroxylation sites is 1. The highest BCUT2D eigenvalue weighted by Gasteiger charge is 2.18. The molecule has 0 unspecified atom stereocenters. The minimum atomic E-state index is -0.525. The number of hydrogen-bond acceptors (Lipinski definition) is 7. The van der Waals surface area contributed by atoms with Gasteiger partial charge in [0.25, 0.3) is 0 Å². The van der Waals surface area contributed by atoms with E-state index in [1.54, 1.807) is 22.8 Å². The lowest BCUT2D eigenvalue weighted by atomic mass is 10.2. The molecule has 6 nitrogen and oxygen atoms in total. The van der Waals surface area contributed by atoms with E-state index in [0.717, 1.165) is 22.3 Å². The SMILES string of the molecule is Cc1ccc(C(=O)COC(=O)CSc2nnc(-c3ccc(F)cc3)n2-c2ccccc2)s1. The zero-order valence-electron chi connectivity index (χ0n) is 17.0. The van der Waals surface area contributed by atoms with Gasteiger partial charge in [0.2, 0.25) is 5.78 Å². The Morgan fingerprint density at radius 2 is 1.78 bits per heavy atom. The average Bonchev–Trinajstić information content (AvgIpc) is 3.43. The van der Waals surface area contributed by atoms with Crippen LogP contribution in [0.2, 0.25) is 0 Å². The Morgan fingerprint density at radius 1 is 1.03 bits per heavy atom. The van der Waals surface area contributed by atoms with Gasteiger partial charge in [-0.3, -0.25) is 14.2 Å². The number of hydrogen-bond donors (Lipinski definition) is 0. The van der Waals surface area contributed by atoms with Crippen molar-refractivity contribution in [2.24, 2.45) is 0 Å². The molecule has 2 aromatic heterocycles. The molecule has 2 aromatic carbocycles. The molecule has 0 radical (unpaired) electrons. The molecule has 0 aliphatic carbocycles. The van der Waals surface area contributed by atoms with Gasteiger partial charge in [0, 0.05) is 16.1 Å². The van der Waals surface area contributed by atoms with Gasteiger partial charge < -0.3 is 4.74 Å². The molecule has 32 heavy (non-hydrogen) atoms. The van der Waals surface area contributed by atoms with Crippen LogP contribution in [0.5, 0.6) is 0 Å². The summed E-state index contributed by atoms with van der Waals surface area (Å²) < 4.78 is 20.3. The van der Waals surface area contributed by atoms with Gasteiger partial charge >= 0.3 is 5.97 Å². The summed E-state index contributed by atoms with van der Waals surface area (Å²) in [5.41, 5.74) is 1.49. The molecule has 0 aliphatic rings. The number of thioether (sulfide) groups is 1. The van der Waals surface area contributed by atoms with E-state index in [4.69, 9.17) is 4.74 Å². The lowest BCUT2D eigenvalue weighted by Gasteiger charge is -2.10. The molecule has 0 saturated carbocycles. The number of esters is 1. The first-order valence-corrected chi connectivity index (χ1v) is 11.5. The number of benzene rings is 2. The quantitative estimate of drug-likeness (QED) is 0.207. The molecule has 0 saturated heterocycles. The first kappa shape index (κ1) is 21.9. The normalized spacial score (nSPS) is 10.8. The van der Waals surface area contributed by atoms with Crippen LogP contribution in [0.15, 0.2) is 71.9 Å². The molecule has 162 valence electrons. The van der Waals surface area contributed by atoms with E-state index in [-0.39, 0.29) is 24.0 Å². The van der Waals surface area contributed by atoms with Gasteiger partial charge in [0.15, 0.2) is 17.6 Å². The molecule has 0 N–H and O–H groups in total. The standard InChI is InChI=1S/C23H18FN3O3S2/c1-15-7-12-20(32-15)19(28)13-30-21(29)14-31-23-26-25-22(16-8-10-17(24)11-9-16)27(23)18-5-3-2-4-6-18/h2-12H,13-14H2,1H3. The van der Waals surface area contributed by atoms with Crippen molar-refractivity contribution < 1.29 is 18.7 Å². The van der Waals surface area contributed by atoms with E-state index in [0.29, 0.717) is 21.4 Å². The van der Waals surface area contributed by atoms with Gasteiger partial charge in [-0.2, -0.15) is 0 Å². The summed E-state index contributed by atoms with van der Waals surface area (Å²) in [5, 5.41) is 8.95. The third-order valence-electron chi connectivity index (χ3n) is 4.45. The van der Waals surface area contributed by atoms with Crippen LogP contribution in [-0.2, 0) is 9.53 Å². The largest absolute Gasteiger partial charge is 0.457 e. The van der Waals surface area contributed by atoms with E-state index in [9.17, 15) is 14.0 Å². The second-order valence-electron chi connectivity index (χ2n) is 6.77. The summed E-state index contributed by atoms with van der Waals surface area (Å²) in [4.78, 5) is 25.9. The lowest BCUT2D eigenvalue weighted by Crippen LogP contribution is -2.15. The van der Waals surface area contributed by atoms with Crippen molar-refractivity contribution in [3.05, 3.63) is 82.3 Å². The number of carbonyl (C=O) groups is 2. The minimum Gasteiger partial charge on any atom is -0.457 e. The Morgan fingerprint density at radius 3 is 2.47 bits per heavy atom. The monoisotopic (exact) mass is 467 g/mol. The molecular weight excluding hydrogens is 449 g/mol. The molecule has 0 aliphatic heterocycles. The maximum Gasteiger partial charge on any atom is 0.316 e. The van der Waals surface area contributed by atoms with Crippen LogP contribution in [0.3, 0.4) is 0 Å². The fraction of sp³-hybridized carbons (Fsp3) is 0.130. The molecule has 0 bridgehead atoms. The first-order valence-electron chi connectivity index (χ1n) is 9.66. The fourth-order valence-electron chi connectivity index (χ4n) is 2.93. The maximum absolute atomic E-state index is 13.4. The Balaban J connectivity index is 1.48. The highest BCUT2D eigenvalue weighted by molar-refractivity contribution is 7.99. The van der Waals surface area contributed by atoms with E-state index in [2.05, 4.69) is 10.2 Å². The summed E-state index contributed by atoms with van der Waals surface area (Å²) in [6.07, 6.45) is 0. The van der Waals surface area contributed by atoms with Crippen LogP contribution in [0, 0.1) is 12.7 Å². The van der Waals surface area contributed by atoms with Crippen LogP contribution < -0.4 is 0 Å². The van der Waals surface area contributed by atoms with Gasteiger partial charge in [-0.05, 0) is 55.5 Å². The Bertz CT molecular complexity index is 1240. The molecule has 9 heteroatoms. The number of nitrogens with zero attached hydrogens (tertiary/aromatic N) is 3. The number of ketones is 1. The molecule has 0 amide bonds. The Labute approximate surface area is 192 Å². The van der Waals surface area contributed by atoms with Crippen molar-refractivity contribution in [1.82, 2.24) is 14.8 Å². The maximum atomic E-state index is 13.4. The van der Waals surface area contributed by atoms with Crippen LogP contribution in [0.1, 0.15) is 14.5 Å². The number of halogens is 1. The van der Waals surface area contributed by atoms with Crippen molar-refractivity contribution in [2.75, 3.05) is 12.4 Å². The Hall–Kier alpha value is -3.30. The first-order chi connectivity index (χ1) is 15.5. The van der Waals surface area contributed by atoms with Crippen molar-refractivity contribution in [3.8, 4) is 17.1 Å². The number of carbonyl (C=O) groups excluding carboxylic acids is 2. The van der Waals surface area contributed by atoms with Gasteiger partial charge in [-0.1, -0.05) is 30.0 Å². The van der Waals surface area contributed by atoms with E-state index in [1.807, 2.05) is 43.3 Å². The summed E-state index contributed by atoms with van der Waals surface area (Å²) in [6.45, 7) is 1.61. The molecule has 4 rings (SSSR count). The number of rotatable bonds is 8. The number of thiophene rings is 1. The second-order valence-corrected chi connectivity index (χ2v) is 9.00. The van der Waals surface area contributed by atoms with E-state index >= 15 is 0 Å². The molecule has 0 spiro atoms. The van der Waals surface area contributed by atoms with E-state index < -0.39 is 5.97 Å². The van der Waals surface area contributed by atoms with Gasteiger partial charge in [-0.25, -0.2) is 4.39 Å². The van der Waals surface area contributed by atoms with Gasteiger partial charge in [-0.15, -0.1) is 21.5 Å². The smallest absolute Gasteiger partial charge is 0.316 e. The summed E-state index contributed by atoms with van der Waals surface area (Å²) >= 11 is 2.52. The molecule has 0 atom stereocenters. The third-order valence-corrected chi connectivity index (χ3v) is 6.39. The van der Waals surface area contributed by atoms with Crippen molar-refractivity contribution in [3.63, 3.8) is 0 Å². The van der Waals surface area contributed by atoms with Crippen molar-refractivity contribution in [1.29, 1.82) is 0 Å². The summed E-state index contributed by atoms with van der Waals surface area (Å²) in [6, 6.07) is 19.0. The molecule has 4 aromatic rings. The van der Waals surface area contributed by atoms with E-state index in [1.165, 1.54) is 23.5 Å². The molecular formula is C23H18FN3O3S2. The number of aromatic nitrogens is 3. The van der Waals surface area contributed by atoms with Crippen LogP contribution in [-0.4, -0.2) is 38.9 Å². The number of aryl methyl sites for hydroxylation is 1. The highest BCUT2D eigenvalue weighted by Crippen LogP contribution is 2.28. The third kappa shape index (κ3) is 5.12. The predicted molar refractivity (Wildman–Crippen MR) is 122 cm³/mol. The van der Waals surface area contributed by atoms with Crippen LogP contribution in [0.4, 0.5) is 4.39 Å². The minimum absolute atomic E-state index is 0.0366. The fourth-order valence-corrected chi connectivity index (χ4v) is 4.47. The van der Waals surface area contributed by atoms with Gasteiger partial charge in [0.1, 0.15) is 5.82 Å². The van der Waals surface area contributed by atoms with Crippen molar-refractivity contribution >= 4 is 34.9 Å². The molecule has 0 fully saturated rings. The summed E-state index contributed by atoms with van der Waals surface area (Å²) in [5.74, 6) is -0.611. The van der Waals surface area contributed by atoms with Gasteiger partial charge in [0.05, 0.1) is 10.6 Å². The zero-order chi connectivity index (χ0) is 22.5. The predicted octanol–water partition coefficient (Wildman–Crippen LogP) is 4.96. The number of ether oxygens (including phenoxy) is 1. The topological polar surface area (TPSA) is 74.1 Å².